The molecule has 0 aromatic heterocycles. The standard InChI is InChI=1S/C28H25NO2S/c1-21-16-18-24(19-17-21)32(30,31)29-27-15-9-8-14-25(27)26(22-10-4-2-5-11-22)20-28(29)23-12-6-3-7-13-23/h2-19,26,28H,20H2,1H3/t26-,28+/m0/s1. The molecule has 0 spiro atoms. The second kappa shape index (κ2) is 8.29. The van der Waals surface area contributed by atoms with Gasteiger partial charge >= 0.3 is 0 Å². The van der Waals surface area contributed by atoms with E-state index in [1.807, 2.05) is 85.8 Å². The molecule has 0 aliphatic carbocycles. The molecule has 4 aromatic rings. The summed E-state index contributed by atoms with van der Waals surface area (Å²) in [6, 6.07) is 35.1. The molecule has 1 aliphatic rings. The minimum absolute atomic E-state index is 0.113. The van der Waals surface area contributed by atoms with Gasteiger partial charge in [0.25, 0.3) is 10.0 Å². The fraction of sp³-hybridized carbons (Fsp3) is 0.143. The number of rotatable bonds is 4. The molecule has 1 aliphatic heterocycles. The van der Waals surface area contributed by atoms with Crippen LogP contribution < -0.4 is 4.31 Å². The van der Waals surface area contributed by atoms with Crippen molar-refractivity contribution in [2.45, 2.75) is 30.2 Å². The number of fused-ring (bicyclic) bond motifs is 1. The second-order valence-electron chi connectivity index (χ2n) is 8.30. The summed E-state index contributed by atoms with van der Waals surface area (Å²) in [6.45, 7) is 1.96. The molecule has 0 N–H and O–H groups in total. The number of sulfonamides is 1. The van der Waals surface area contributed by atoms with Crippen molar-refractivity contribution in [1.82, 2.24) is 0 Å². The Morgan fingerprint density at radius 1 is 0.688 bits per heavy atom. The van der Waals surface area contributed by atoms with Crippen molar-refractivity contribution >= 4 is 15.7 Å². The number of hydrogen-bond acceptors (Lipinski definition) is 2. The minimum atomic E-state index is -3.76. The van der Waals surface area contributed by atoms with Gasteiger partial charge < -0.3 is 0 Å². The van der Waals surface area contributed by atoms with Crippen LogP contribution in [0.3, 0.4) is 0 Å². The highest BCUT2D eigenvalue weighted by atomic mass is 32.2. The Bertz CT molecular complexity index is 1320. The van der Waals surface area contributed by atoms with Gasteiger partial charge in [0.05, 0.1) is 16.6 Å². The van der Waals surface area contributed by atoms with E-state index in [0.29, 0.717) is 11.3 Å². The molecule has 4 aromatic carbocycles. The van der Waals surface area contributed by atoms with Gasteiger partial charge in [0, 0.05) is 5.92 Å². The third-order valence-corrected chi connectivity index (χ3v) is 8.09. The molecule has 4 heteroatoms. The highest BCUT2D eigenvalue weighted by Gasteiger charge is 2.40. The van der Waals surface area contributed by atoms with Crippen molar-refractivity contribution < 1.29 is 8.42 Å². The summed E-state index contributed by atoms with van der Waals surface area (Å²) >= 11 is 0. The zero-order valence-corrected chi connectivity index (χ0v) is 18.7. The summed E-state index contributed by atoms with van der Waals surface area (Å²) in [5.74, 6) is 0.113. The molecule has 0 radical (unpaired) electrons. The molecular formula is C28H25NO2S. The Morgan fingerprint density at radius 2 is 1.25 bits per heavy atom. The van der Waals surface area contributed by atoms with Gasteiger partial charge in [-0.2, -0.15) is 0 Å². The van der Waals surface area contributed by atoms with Crippen LogP contribution >= 0.6 is 0 Å². The number of para-hydroxylation sites is 1. The van der Waals surface area contributed by atoms with E-state index in [2.05, 4.69) is 18.2 Å². The summed E-state index contributed by atoms with van der Waals surface area (Å²) in [7, 11) is -3.76. The van der Waals surface area contributed by atoms with Crippen LogP contribution in [-0.2, 0) is 10.0 Å². The predicted molar refractivity (Wildman–Crippen MR) is 129 cm³/mol. The summed E-state index contributed by atoms with van der Waals surface area (Å²) < 4.78 is 29.7. The van der Waals surface area contributed by atoms with Crippen LogP contribution in [0.25, 0.3) is 0 Å². The van der Waals surface area contributed by atoms with Gasteiger partial charge in [0.15, 0.2) is 0 Å². The Morgan fingerprint density at radius 3 is 1.91 bits per heavy atom. The number of hydrogen-bond donors (Lipinski definition) is 0. The average Bonchev–Trinajstić information content (AvgIpc) is 2.84. The maximum absolute atomic E-state index is 14.0. The minimum Gasteiger partial charge on any atom is -0.259 e. The molecule has 1 heterocycles. The Hall–Kier alpha value is -3.37. The fourth-order valence-corrected chi connectivity index (χ4v) is 6.34. The first-order valence-corrected chi connectivity index (χ1v) is 12.3. The molecule has 160 valence electrons. The maximum atomic E-state index is 14.0. The summed E-state index contributed by atoms with van der Waals surface area (Å²) in [4.78, 5) is 0.317. The van der Waals surface area contributed by atoms with E-state index in [1.54, 1.807) is 16.4 Å². The highest BCUT2D eigenvalue weighted by molar-refractivity contribution is 7.92. The lowest BCUT2D eigenvalue weighted by molar-refractivity contribution is 0.535. The van der Waals surface area contributed by atoms with Crippen LogP contribution in [0.5, 0.6) is 0 Å². The third-order valence-electron chi connectivity index (χ3n) is 6.26. The van der Waals surface area contributed by atoms with Gasteiger partial charge in [-0.05, 0) is 48.2 Å². The van der Waals surface area contributed by atoms with Crippen molar-refractivity contribution in [2.24, 2.45) is 0 Å². The Kier molecular flexibility index (Phi) is 5.32. The number of aryl methyl sites for hydroxylation is 1. The van der Waals surface area contributed by atoms with Crippen LogP contribution in [0.4, 0.5) is 5.69 Å². The topological polar surface area (TPSA) is 37.4 Å². The van der Waals surface area contributed by atoms with Crippen LogP contribution in [0.2, 0.25) is 0 Å². The van der Waals surface area contributed by atoms with Gasteiger partial charge in [-0.1, -0.05) is 96.6 Å². The summed E-state index contributed by atoms with van der Waals surface area (Å²) in [6.07, 6.45) is 0.677. The van der Waals surface area contributed by atoms with Crippen molar-refractivity contribution in [3.05, 3.63) is 131 Å². The number of nitrogens with zero attached hydrogens (tertiary/aromatic N) is 1. The fourth-order valence-electron chi connectivity index (χ4n) is 4.67. The zero-order chi connectivity index (χ0) is 22.1. The van der Waals surface area contributed by atoms with Crippen LogP contribution in [-0.4, -0.2) is 8.42 Å². The van der Waals surface area contributed by atoms with Crippen molar-refractivity contribution in [2.75, 3.05) is 4.31 Å². The largest absolute Gasteiger partial charge is 0.264 e. The second-order valence-corrected chi connectivity index (χ2v) is 10.1. The number of benzene rings is 4. The van der Waals surface area contributed by atoms with Crippen LogP contribution in [0, 0.1) is 6.92 Å². The van der Waals surface area contributed by atoms with Crippen molar-refractivity contribution in [3.8, 4) is 0 Å². The van der Waals surface area contributed by atoms with Gasteiger partial charge in [-0.15, -0.1) is 0 Å². The summed E-state index contributed by atoms with van der Waals surface area (Å²) in [5, 5.41) is 0. The van der Waals surface area contributed by atoms with Crippen molar-refractivity contribution in [1.29, 1.82) is 0 Å². The lowest BCUT2D eigenvalue weighted by Gasteiger charge is -2.41. The first-order chi connectivity index (χ1) is 15.6. The van der Waals surface area contributed by atoms with Crippen molar-refractivity contribution in [3.63, 3.8) is 0 Å². The molecule has 2 atom stereocenters. The lowest BCUT2D eigenvalue weighted by Crippen LogP contribution is -2.39. The lowest BCUT2D eigenvalue weighted by atomic mass is 9.80. The zero-order valence-electron chi connectivity index (χ0n) is 17.9. The molecule has 0 fully saturated rings. The van der Waals surface area contributed by atoms with E-state index in [9.17, 15) is 8.42 Å². The van der Waals surface area contributed by atoms with Gasteiger partial charge in [-0.3, -0.25) is 4.31 Å². The predicted octanol–water partition coefficient (Wildman–Crippen LogP) is 6.47. The van der Waals surface area contributed by atoms with Crippen LogP contribution in [0.1, 0.15) is 40.6 Å². The third kappa shape index (κ3) is 3.61. The van der Waals surface area contributed by atoms with Crippen LogP contribution in [0.15, 0.2) is 114 Å². The molecule has 0 bridgehead atoms. The molecule has 32 heavy (non-hydrogen) atoms. The van der Waals surface area contributed by atoms with E-state index in [0.717, 1.165) is 22.4 Å². The molecule has 0 saturated heterocycles. The highest BCUT2D eigenvalue weighted by Crippen LogP contribution is 2.49. The van der Waals surface area contributed by atoms with E-state index in [-0.39, 0.29) is 12.0 Å². The molecule has 3 nitrogen and oxygen atoms in total. The van der Waals surface area contributed by atoms with Gasteiger partial charge in [-0.25, -0.2) is 8.42 Å². The SMILES string of the molecule is Cc1ccc(S(=O)(=O)N2c3ccccc3[C@H](c3ccccc3)C[C@@H]2c2ccccc2)cc1. The first kappa shape index (κ1) is 20.5. The normalized spacial score (nSPS) is 18.2. The smallest absolute Gasteiger partial charge is 0.259 e. The maximum Gasteiger partial charge on any atom is 0.264 e. The molecule has 0 unspecified atom stereocenters. The Balaban J connectivity index is 1.73. The van der Waals surface area contributed by atoms with E-state index < -0.39 is 10.0 Å². The number of anilines is 1. The molecular weight excluding hydrogens is 414 g/mol. The monoisotopic (exact) mass is 439 g/mol. The average molecular weight is 440 g/mol. The van der Waals surface area contributed by atoms with E-state index >= 15 is 0 Å². The van der Waals surface area contributed by atoms with Gasteiger partial charge in [0.2, 0.25) is 0 Å². The Labute approximate surface area is 190 Å². The first-order valence-electron chi connectivity index (χ1n) is 10.9. The van der Waals surface area contributed by atoms with E-state index in [1.165, 1.54) is 5.56 Å². The quantitative estimate of drug-likeness (QED) is 0.366. The molecule has 0 saturated carbocycles. The van der Waals surface area contributed by atoms with E-state index in [4.69, 9.17) is 0 Å². The summed E-state index contributed by atoms with van der Waals surface area (Å²) in [5.41, 5.74) is 5.03. The molecule has 5 rings (SSSR count). The molecule has 0 amide bonds. The van der Waals surface area contributed by atoms with Gasteiger partial charge in [0.1, 0.15) is 0 Å².